The summed E-state index contributed by atoms with van der Waals surface area (Å²) in [5.41, 5.74) is 0. The van der Waals surface area contributed by atoms with E-state index in [-0.39, 0.29) is 0 Å². The third-order valence-electron chi connectivity index (χ3n) is 3.47. The van der Waals surface area contributed by atoms with Crippen LogP contribution in [-0.4, -0.2) is 30.7 Å². The summed E-state index contributed by atoms with van der Waals surface area (Å²) in [5.74, 6) is 1.12. The number of fused-ring (bicyclic) bond motifs is 1. The van der Waals surface area contributed by atoms with Crippen molar-refractivity contribution in [2.24, 2.45) is 0 Å². The molecule has 0 atom stereocenters. The maximum absolute atomic E-state index is 4.58. The first kappa shape index (κ1) is 10.5. The zero-order valence-electron chi connectivity index (χ0n) is 10.1. The van der Waals surface area contributed by atoms with Crippen molar-refractivity contribution in [3.8, 4) is 0 Å². The Balaban J connectivity index is 2.08. The Morgan fingerprint density at radius 2 is 2.12 bits per heavy atom. The molecular formula is C14H17N3. The minimum Gasteiger partial charge on any atom is -0.351 e. The number of likely N-dealkylation sites (N-methyl/N-ethyl adjacent to an activating group) is 1. The van der Waals surface area contributed by atoms with Gasteiger partial charge in [-0.3, -0.25) is 0 Å². The second-order valence-corrected chi connectivity index (χ2v) is 4.45. The van der Waals surface area contributed by atoms with Gasteiger partial charge in [0, 0.05) is 31.2 Å². The molecule has 0 spiro atoms. The van der Waals surface area contributed by atoms with Crippen LogP contribution >= 0.6 is 0 Å². The first-order chi connectivity index (χ1) is 8.40. The molecule has 1 aromatic carbocycles. The second-order valence-electron chi connectivity index (χ2n) is 4.45. The van der Waals surface area contributed by atoms with Gasteiger partial charge in [-0.2, -0.15) is 0 Å². The predicted molar refractivity (Wildman–Crippen MR) is 71.4 cm³/mol. The summed E-state index contributed by atoms with van der Waals surface area (Å²) in [6, 6.07) is 11.1. The molecule has 0 aliphatic carbocycles. The normalized spacial score (nSPS) is 15.8. The van der Waals surface area contributed by atoms with Crippen molar-refractivity contribution in [2.45, 2.75) is 13.0 Å². The number of aromatic nitrogens is 1. The maximum atomic E-state index is 4.58. The molecule has 88 valence electrons. The fourth-order valence-electron chi connectivity index (χ4n) is 2.41. The van der Waals surface area contributed by atoms with E-state index in [4.69, 9.17) is 0 Å². The highest BCUT2D eigenvalue weighted by Crippen LogP contribution is 2.26. The zero-order valence-corrected chi connectivity index (χ0v) is 10.1. The van der Waals surface area contributed by atoms with Crippen LogP contribution in [0.1, 0.15) is 6.92 Å². The van der Waals surface area contributed by atoms with E-state index in [1.54, 1.807) is 0 Å². The van der Waals surface area contributed by atoms with E-state index in [1.807, 2.05) is 6.20 Å². The van der Waals surface area contributed by atoms with Crippen LogP contribution in [0.15, 0.2) is 36.5 Å². The molecule has 0 bridgehead atoms. The molecule has 1 saturated heterocycles. The van der Waals surface area contributed by atoms with Gasteiger partial charge in [0.2, 0.25) is 0 Å². The van der Waals surface area contributed by atoms with Gasteiger partial charge in [-0.15, -0.1) is 0 Å². The van der Waals surface area contributed by atoms with Gasteiger partial charge in [0.05, 0.1) is 6.04 Å². The van der Waals surface area contributed by atoms with Gasteiger partial charge in [0.1, 0.15) is 5.82 Å². The highest BCUT2D eigenvalue weighted by Gasteiger charge is 2.25. The van der Waals surface area contributed by atoms with E-state index < -0.39 is 0 Å². The average Bonchev–Trinajstić information content (AvgIpc) is 2.33. The van der Waals surface area contributed by atoms with E-state index in [2.05, 4.69) is 52.5 Å². The number of hydrogen-bond acceptors (Lipinski definition) is 3. The average molecular weight is 227 g/mol. The van der Waals surface area contributed by atoms with Crippen LogP contribution in [0.5, 0.6) is 0 Å². The number of hydrogen-bond donors (Lipinski definition) is 1. The summed E-state index contributed by atoms with van der Waals surface area (Å²) >= 11 is 0. The van der Waals surface area contributed by atoms with Crippen LogP contribution in [-0.2, 0) is 0 Å². The quantitative estimate of drug-likeness (QED) is 0.869. The van der Waals surface area contributed by atoms with Crippen LogP contribution in [0.2, 0.25) is 0 Å². The van der Waals surface area contributed by atoms with Crippen molar-refractivity contribution in [1.82, 2.24) is 10.3 Å². The van der Waals surface area contributed by atoms with E-state index in [0.29, 0.717) is 6.04 Å². The van der Waals surface area contributed by atoms with Gasteiger partial charge in [0.25, 0.3) is 0 Å². The summed E-state index contributed by atoms with van der Waals surface area (Å²) in [5, 5.41) is 5.84. The van der Waals surface area contributed by atoms with Gasteiger partial charge < -0.3 is 10.2 Å². The van der Waals surface area contributed by atoms with E-state index >= 15 is 0 Å². The molecule has 2 aromatic rings. The standard InChI is InChI=1S/C14H17N3/c1-2-17(12-9-15-10-12)14-13-6-4-3-5-11(13)7-8-16-14/h3-8,12,15H,2,9-10H2,1H3. The van der Waals surface area contributed by atoms with Gasteiger partial charge in [-0.1, -0.05) is 24.3 Å². The SMILES string of the molecule is CCN(c1nccc2ccccc12)C1CNC1. The molecule has 3 nitrogen and oxygen atoms in total. The third-order valence-corrected chi connectivity index (χ3v) is 3.47. The summed E-state index contributed by atoms with van der Waals surface area (Å²) in [6.07, 6.45) is 1.91. The minimum atomic E-state index is 0.596. The molecule has 1 fully saturated rings. The molecule has 3 rings (SSSR count). The number of nitrogens with zero attached hydrogens (tertiary/aromatic N) is 2. The number of anilines is 1. The molecule has 1 aliphatic heterocycles. The van der Waals surface area contributed by atoms with E-state index in [0.717, 1.165) is 25.5 Å². The lowest BCUT2D eigenvalue weighted by atomic mass is 10.1. The summed E-state index contributed by atoms with van der Waals surface area (Å²) in [6.45, 7) is 5.34. The summed E-state index contributed by atoms with van der Waals surface area (Å²) in [7, 11) is 0. The Labute approximate surface area is 101 Å². The topological polar surface area (TPSA) is 28.2 Å². The molecule has 1 aliphatic rings. The Kier molecular flexibility index (Phi) is 2.69. The van der Waals surface area contributed by atoms with Crippen molar-refractivity contribution in [2.75, 3.05) is 24.5 Å². The smallest absolute Gasteiger partial charge is 0.136 e. The van der Waals surface area contributed by atoms with Crippen LogP contribution < -0.4 is 10.2 Å². The van der Waals surface area contributed by atoms with Gasteiger partial charge in [-0.05, 0) is 18.4 Å². The predicted octanol–water partition coefficient (Wildman–Crippen LogP) is 2.03. The Bertz CT molecular complexity index is 514. The number of pyridine rings is 1. The first-order valence-corrected chi connectivity index (χ1v) is 6.21. The summed E-state index contributed by atoms with van der Waals surface area (Å²) < 4.78 is 0. The zero-order chi connectivity index (χ0) is 11.7. The van der Waals surface area contributed by atoms with Gasteiger partial charge >= 0.3 is 0 Å². The Hall–Kier alpha value is -1.61. The lowest BCUT2D eigenvalue weighted by Gasteiger charge is -2.38. The minimum absolute atomic E-state index is 0.596. The number of nitrogens with one attached hydrogen (secondary N) is 1. The van der Waals surface area contributed by atoms with Gasteiger partial charge in [-0.25, -0.2) is 4.98 Å². The fourth-order valence-corrected chi connectivity index (χ4v) is 2.41. The highest BCUT2D eigenvalue weighted by atomic mass is 15.3. The van der Waals surface area contributed by atoms with Crippen molar-refractivity contribution in [3.05, 3.63) is 36.5 Å². The van der Waals surface area contributed by atoms with Gasteiger partial charge in [0.15, 0.2) is 0 Å². The first-order valence-electron chi connectivity index (χ1n) is 6.21. The molecule has 17 heavy (non-hydrogen) atoms. The van der Waals surface area contributed by atoms with Crippen molar-refractivity contribution in [3.63, 3.8) is 0 Å². The molecule has 2 heterocycles. The van der Waals surface area contributed by atoms with Crippen LogP contribution in [0.3, 0.4) is 0 Å². The maximum Gasteiger partial charge on any atom is 0.136 e. The largest absolute Gasteiger partial charge is 0.351 e. The molecule has 1 aromatic heterocycles. The van der Waals surface area contributed by atoms with Crippen LogP contribution in [0.4, 0.5) is 5.82 Å². The summed E-state index contributed by atoms with van der Waals surface area (Å²) in [4.78, 5) is 6.98. The Morgan fingerprint density at radius 1 is 1.29 bits per heavy atom. The fraction of sp³-hybridized carbons (Fsp3) is 0.357. The van der Waals surface area contributed by atoms with E-state index in [9.17, 15) is 0 Å². The lowest BCUT2D eigenvalue weighted by Crippen LogP contribution is -2.57. The molecule has 0 amide bonds. The van der Waals surface area contributed by atoms with Crippen LogP contribution in [0, 0.1) is 0 Å². The van der Waals surface area contributed by atoms with E-state index in [1.165, 1.54) is 10.8 Å². The van der Waals surface area contributed by atoms with Crippen molar-refractivity contribution in [1.29, 1.82) is 0 Å². The lowest BCUT2D eigenvalue weighted by molar-refractivity contribution is 0.416. The monoisotopic (exact) mass is 227 g/mol. The molecule has 1 N–H and O–H groups in total. The second kappa shape index (κ2) is 4.34. The number of rotatable bonds is 3. The molecule has 0 saturated carbocycles. The third kappa shape index (κ3) is 1.76. The Morgan fingerprint density at radius 3 is 2.82 bits per heavy atom. The number of benzene rings is 1. The highest BCUT2D eigenvalue weighted by molar-refractivity contribution is 5.92. The van der Waals surface area contributed by atoms with Crippen molar-refractivity contribution >= 4 is 16.6 Å². The molecule has 0 radical (unpaired) electrons. The molecule has 3 heteroatoms. The molecule has 0 unspecified atom stereocenters. The molecular weight excluding hydrogens is 210 g/mol. The van der Waals surface area contributed by atoms with Crippen molar-refractivity contribution < 1.29 is 0 Å². The van der Waals surface area contributed by atoms with Crippen LogP contribution in [0.25, 0.3) is 10.8 Å².